The van der Waals surface area contributed by atoms with Crippen molar-refractivity contribution < 1.29 is 15.3 Å². The van der Waals surface area contributed by atoms with Crippen molar-refractivity contribution in [1.29, 1.82) is 0 Å². The number of aryl methyl sites for hydroxylation is 2. The van der Waals surface area contributed by atoms with Gasteiger partial charge in [-0.15, -0.1) is 0 Å². The number of aliphatic hydroxyl groups excluding tert-OH is 1. The minimum atomic E-state index is -0.860. The summed E-state index contributed by atoms with van der Waals surface area (Å²) in [5, 5.41) is 29.3. The average Bonchev–Trinajstić information content (AvgIpc) is 2.25. The van der Waals surface area contributed by atoms with Crippen molar-refractivity contribution in [3.63, 3.8) is 0 Å². The molecule has 0 spiro atoms. The van der Waals surface area contributed by atoms with Crippen LogP contribution in [-0.2, 0) is 0 Å². The van der Waals surface area contributed by atoms with Crippen molar-refractivity contribution in [2.45, 2.75) is 20.0 Å². The molecule has 0 aromatic heterocycles. The van der Waals surface area contributed by atoms with Gasteiger partial charge in [-0.3, -0.25) is 0 Å². The molecule has 3 nitrogen and oxygen atoms in total. The third-order valence-corrected chi connectivity index (χ3v) is 2.80. The van der Waals surface area contributed by atoms with E-state index in [1.54, 1.807) is 12.1 Å². The number of hydrogen-bond acceptors (Lipinski definition) is 3. The molecular formula is C15H16O3. The molecule has 0 saturated heterocycles. The second-order valence-corrected chi connectivity index (χ2v) is 4.61. The summed E-state index contributed by atoms with van der Waals surface area (Å²) in [6.45, 7) is 3.70. The third-order valence-electron chi connectivity index (χ3n) is 2.80. The lowest BCUT2D eigenvalue weighted by atomic mass is 9.98. The summed E-state index contributed by atoms with van der Waals surface area (Å²) < 4.78 is 0. The number of aromatic hydroxyl groups is 2. The van der Waals surface area contributed by atoms with Crippen LogP contribution >= 0.6 is 0 Å². The number of rotatable bonds is 2. The first-order chi connectivity index (χ1) is 8.45. The second kappa shape index (κ2) is 4.70. The molecular weight excluding hydrogens is 228 g/mol. The van der Waals surface area contributed by atoms with Crippen LogP contribution in [0.2, 0.25) is 0 Å². The molecule has 0 aliphatic rings. The molecule has 3 N–H and O–H groups in total. The van der Waals surface area contributed by atoms with Crippen molar-refractivity contribution in [3.8, 4) is 11.5 Å². The van der Waals surface area contributed by atoms with Gasteiger partial charge in [0.15, 0.2) is 0 Å². The summed E-state index contributed by atoms with van der Waals surface area (Å²) in [5.41, 5.74) is 2.97. The SMILES string of the molecule is Cc1cc(O)cc(C(O)c2cc(C)cc(O)c2)c1. The Balaban J connectivity index is 2.43. The standard InChI is InChI=1S/C15H16O3/c1-9-3-11(7-13(16)5-9)15(18)12-4-10(2)6-14(17)8-12/h3-8,15-18H,1-2H3. The lowest BCUT2D eigenvalue weighted by Gasteiger charge is -2.14. The lowest BCUT2D eigenvalue weighted by molar-refractivity contribution is 0.219. The van der Waals surface area contributed by atoms with Crippen LogP contribution in [0, 0.1) is 13.8 Å². The number of aliphatic hydroxyl groups is 1. The minimum Gasteiger partial charge on any atom is -0.508 e. The van der Waals surface area contributed by atoms with Crippen LogP contribution in [0.15, 0.2) is 36.4 Å². The molecule has 18 heavy (non-hydrogen) atoms. The van der Waals surface area contributed by atoms with E-state index in [-0.39, 0.29) is 11.5 Å². The molecule has 0 amide bonds. The molecule has 94 valence electrons. The van der Waals surface area contributed by atoms with Gasteiger partial charge in [-0.1, -0.05) is 12.1 Å². The lowest BCUT2D eigenvalue weighted by Crippen LogP contribution is -2.00. The highest BCUT2D eigenvalue weighted by Crippen LogP contribution is 2.28. The van der Waals surface area contributed by atoms with Crippen LogP contribution in [-0.4, -0.2) is 15.3 Å². The van der Waals surface area contributed by atoms with Gasteiger partial charge in [0, 0.05) is 0 Å². The van der Waals surface area contributed by atoms with E-state index < -0.39 is 6.10 Å². The Hall–Kier alpha value is -2.00. The Labute approximate surface area is 106 Å². The van der Waals surface area contributed by atoms with Crippen molar-refractivity contribution in [2.24, 2.45) is 0 Å². The van der Waals surface area contributed by atoms with E-state index >= 15 is 0 Å². The molecule has 0 fully saturated rings. The maximum absolute atomic E-state index is 10.3. The van der Waals surface area contributed by atoms with Gasteiger partial charge in [-0.05, 0) is 60.4 Å². The van der Waals surface area contributed by atoms with Crippen molar-refractivity contribution in [1.82, 2.24) is 0 Å². The first-order valence-corrected chi connectivity index (χ1v) is 5.75. The summed E-state index contributed by atoms with van der Waals surface area (Å²) in [6.07, 6.45) is -0.860. The first kappa shape index (κ1) is 12.5. The van der Waals surface area contributed by atoms with Gasteiger partial charge < -0.3 is 15.3 Å². The monoisotopic (exact) mass is 244 g/mol. The topological polar surface area (TPSA) is 60.7 Å². The Morgan fingerprint density at radius 3 is 1.44 bits per heavy atom. The van der Waals surface area contributed by atoms with Gasteiger partial charge in [-0.25, -0.2) is 0 Å². The molecule has 2 aromatic carbocycles. The van der Waals surface area contributed by atoms with Gasteiger partial charge >= 0.3 is 0 Å². The zero-order valence-corrected chi connectivity index (χ0v) is 10.4. The summed E-state index contributed by atoms with van der Waals surface area (Å²) in [7, 11) is 0. The van der Waals surface area contributed by atoms with E-state index in [9.17, 15) is 15.3 Å². The highest BCUT2D eigenvalue weighted by atomic mass is 16.3. The molecule has 0 saturated carbocycles. The normalized spacial score (nSPS) is 10.9. The number of benzene rings is 2. The zero-order valence-electron chi connectivity index (χ0n) is 10.4. The van der Waals surface area contributed by atoms with E-state index in [4.69, 9.17) is 0 Å². The van der Waals surface area contributed by atoms with E-state index in [1.165, 1.54) is 12.1 Å². The Bertz CT molecular complexity index is 484. The fourth-order valence-corrected chi connectivity index (χ4v) is 2.09. The molecule has 0 unspecified atom stereocenters. The van der Waals surface area contributed by atoms with Crippen LogP contribution in [0.25, 0.3) is 0 Å². The van der Waals surface area contributed by atoms with Crippen LogP contribution in [0.1, 0.15) is 28.4 Å². The zero-order chi connectivity index (χ0) is 13.3. The molecule has 0 aliphatic heterocycles. The summed E-state index contributed by atoms with van der Waals surface area (Å²) in [6, 6.07) is 9.93. The highest BCUT2D eigenvalue weighted by molar-refractivity contribution is 5.41. The van der Waals surface area contributed by atoms with E-state index in [1.807, 2.05) is 26.0 Å². The largest absolute Gasteiger partial charge is 0.508 e. The van der Waals surface area contributed by atoms with Crippen LogP contribution < -0.4 is 0 Å². The molecule has 0 heterocycles. The minimum absolute atomic E-state index is 0.126. The average molecular weight is 244 g/mol. The van der Waals surface area contributed by atoms with Crippen LogP contribution in [0.4, 0.5) is 0 Å². The Kier molecular flexibility index (Phi) is 3.26. The van der Waals surface area contributed by atoms with Gasteiger partial charge in [0.05, 0.1) is 0 Å². The van der Waals surface area contributed by atoms with E-state index in [0.717, 1.165) is 11.1 Å². The van der Waals surface area contributed by atoms with Crippen molar-refractivity contribution in [3.05, 3.63) is 58.7 Å². The van der Waals surface area contributed by atoms with Gasteiger partial charge in [-0.2, -0.15) is 0 Å². The van der Waals surface area contributed by atoms with Crippen molar-refractivity contribution >= 4 is 0 Å². The van der Waals surface area contributed by atoms with Crippen LogP contribution in [0.5, 0.6) is 11.5 Å². The number of phenols is 2. The maximum Gasteiger partial charge on any atom is 0.116 e. The van der Waals surface area contributed by atoms with E-state index in [0.29, 0.717) is 11.1 Å². The molecule has 2 aromatic rings. The fraction of sp³-hybridized carbons (Fsp3) is 0.200. The smallest absolute Gasteiger partial charge is 0.116 e. The van der Waals surface area contributed by atoms with Gasteiger partial charge in [0.2, 0.25) is 0 Å². The summed E-state index contributed by atoms with van der Waals surface area (Å²) in [5.74, 6) is 0.252. The maximum atomic E-state index is 10.3. The molecule has 0 radical (unpaired) electrons. The molecule has 3 heteroatoms. The van der Waals surface area contributed by atoms with Gasteiger partial charge in [0.25, 0.3) is 0 Å². The van der Waals surface area contributed by atoms with Gasteiger partial charge in [0.1, 0.15) is 17.6 Å². The predicted molar refractivity (Wildman–Crippen MR) is 69.7 cm³/mol. The third kappa shape index (κ3) is 2.63. The second-order valence-electron chi connectivity index (χ2n) is 4.61. The molecule has 0 aliphatic carbocycles. The van der Waals surface area contributed by atoms with Crippen LogP contribution in [0.3, 0.4) is 0 Å². The highest BCUT2D eigenvalue weighted by Gasteiger charge is 2.13. The predicted octanol–water partition coefficient (Wildman–Crippen LogP) is 2.80. The molecule has 0 atom stereocenters. The first-order valence-electron chi connectivity index (χ1n) is 5.75. The summed E-state index contributed by atoms with van der Waals surface area (Å²) >= 11 is 0. The quantitative estimate of drug-likeness (QED) is 0.761. The number of phenolic OH excluding ortho intramolecular Hbond substituents is 2. The van der Waals surface area contributed by atoms with E-state index in [2.05, 4.69) is 0 Å². The Morgan fingerprint density at radius 1 is 0.722 bits per heavy atom. The number of hydrogen-bond donors (Lipinski definition) is 3. The fourth-order valence-electron chi connectivity index (χ4n) is 2.09. The Morgan fingerprint density at radius 2 is 1.11 bits per heavy atom. The molecule has 0 bridgehead atoms. The molecule has 2 rings (SSSR count). The summed E-state index contributed by atoms with van der Waals surface area (Å²) in [4.78, 5) is 0. The van der Waals surface area contributed by atoms with Crippen molar-refractivity contribution in [2.75, 3.05) is 0 Å².